The highest BCUT2D eigenvalue weighted by Gasteiger charge is 2.08. The van der Waals surface area contributed by atoms with E-state index in [0.717, 1.165) is 34.3 Å². The van der Waals surface area contributed by atoms with Crippen LogP contribution in [-0.2, 0) is 6.54 Å². The molecule has 130 valence electrons. The van der Waals surface area contributed by atoms with Gasteiger partial charge in [0.1, 0.15) is 0 Å². The SMILES string of the molecule is CCCCNC(=O)c1ccc(C=C=[N+]([O-])Cc2ccccc2)cc1C. The van der Waals surface area contributed by atoms with Crippen LogP contribution < -0.4 is 5.32 Å². The Morgan fingerprint density at radius 1 is 1.24 bits per heavy atom. The van der Waals surface area contributed by atoms with Crippen molar-refractivity contribution in [3.8, 4) is 0 Å². The van der Waals surface area contributed by atoms with Crippen LogP contribution in [0.4, 0.5) is 0 Å². The van der Waals surface area contributed by atoms with Crippen molar-refractivity contribution < 1.29 is 9.53 Å². The monoisotopic (exact) mass is 336 g/mol. The molecule has 2 rings (SSSR count). The van der Waals surface area contributed by atoms with E-state index in [1.165, 1.54) is 0 Å². The summed E-state index contributed by atoms with van der Waals surface area (Å²) in [4.78, 5) is 12.1. The van der Waals surface area contributed by atoms with Gasteiger partial charge >= 0.3 is 0 Å². The number of nitrogens with zero attached hydrogens (tertiary/aromatic N) is 1. The van der Waals surface area contributed by atoms with Gasteiger partial charge < -0.3 is 10.5 Å². The van der Waals surface area contributed by atoms with Gasteiger partial charge in [0.15, 0.2) is 12.4 Å². The van der Waals surface area contributed by atoms with Crippen molar-refractivity contribution in [3.05, 3.63) is 76.0 Å². The van der Waals surface area contributed by atoms with Crippen molar-refractivity contribution in [1.82, 2.24) is 5.32 Å². The summed E-state index contributed by atoms with van der Waals surface area (Å²) in [5.74, 6) is 2.66. The van der Waals surface area contributed by atoms with Crippen LogP contribution in [0, 0.1) is 12.1 Å². The minimum Gasteiger partial charge on any atom is -0.615 e. The van der Waals surface area contributed by atoms with Gasteiger partial charge in [-0.15, -0.1) is 0 Å². The Bertz CT molecular complexity index is 776. The lowest BCUT2D eigenvalue weighted by Crippen LogP contribution is -2.25. The largest absolute Gasteiger partial charge is 0.615 e. The smallest absolute Gasteiger partial charge is 0.251 e. The average Bonchev–Trinajstić information content (AvgIpc) is 2.61. The van der Waals surface area contributed by atoms with Crippen LogP contribution in [0.15, 0.2) is 48.5 Å². The van der Waals surface area contributed by atoms with E-state index in [2.05, 4.69) is 18.1 Å². The predicted octanol–water partition coefficient (Wildman–Crippen LogP) is 3.92. The van der Waals surface area contributed by atoms with Crippen molar-refractivity contribution in [2.24, 2.45) is 0 Å². The number of rotatable bonds is 7. The fourth-order valence-electron chi connectivity index (χ4n) is 2.45. The topological polar surface area (TPSA) is 55.2 Å². The molecule has 1 N–H and O–H groups in total. The van der Waals surface area contributed by atoms with Crippen LogP contribution >= 0.6 is 0 Å². The van der Waals surface area contributed by atoms with E-state index in [9.17, 15) is 10.0 Å². The number of hydrogen-bond acceptors (Lipinski definition) is 2. The second-order valence-corrected chi connectivity index (χ2v) is 5.98. The Morgan fingerprint density at radius 2 is 2.00 bits per heavy atom. The zero-order valence-corrected chi connectivity index (χ0v) is 14.8. The third-order valence-electron chi connectivity index (χ3n) is 3.86. The van der Waals surface area contributed by atoms with Gasteiger partial charge in [-0.1, -0.05) is 55.8 Å². The first-order valence-corrected chi connectivity index (χ1v) is 8.57. The maximum absolute atomic E-state index is 12.1. The van der Waals surface area contributed by atoms with E-state index in [0.29, 0.717) is 12.1 Å². The first-order chi connectivity index (χ1) is 12.1. The van der Waals surface area contributed by atoms with E-state index in [1.54, 1.807) is 12.1 Å². The maximum Gasteiger partial charge on any atom is 0.251 e. The number of unbranched alkanes of at least 4 members (excludes halogenated alkanes) is 1. The summed E-state index contributed by atoms with van der Waals surface area (Å²) < 4.78 is 0.774. The Kier molecular flexibility index (Phi) is 7.00. The molecule has 0 saturated heterocycles. The van der Waals surface area contributed by atoms with Crippen molar-refractivity contribution in [3.63, 3.8) is 0 Å². The van der Waals surface area contributed by atoms with Crippen LogP contribution in [0.5, 0.6) is 0 Å². The molecular weight excluding hydrogens is 312 g/mol. The zero-order valence-electron chi connectivity index (χ0n) is 14.8. The average molecular weight is 336 g/mol. The highest BCUT2D eigenvalue weighted by Crippen LogP contribution is 2.12. The normalized spacial score (nSPS) is 10.0. The quantitative estimate of drug-likeness (QED) is 0.274. The fourth-order valence-corrected chi connectivity index (χ4v) is 2.45. The number of benzene rings is 2. The molecule has 0 aliphatic carbocycles. The van der Waals surface area contributed by atoms with Crippen molar-refractivity contribution in [2.75, 3.05) is 6.54 Å². The Balaban J connectivity index is 2.06. The zero-order chi connectivity index (χ0) is 18.1. The summed E-state index contributed by atoms with van der Waals surface area (Å²) in [7, 11) is 0. The van der Waals surface area contributed by atoms with Gasteiger partial charge in [0.05, 0.1) is 6.08 Å². The number of hydrogen-bond donors (Lipinski definition) is 1. The number of amides is 1. The molecule has 0 unspecified atom stereocenters. The third-order valence-corrected chi connectivity index (χ3v) is 3.86. The summed E-state index contributed by atoms with van der Waals surface area (Å²) in [6, 6.07) is 15.0. The molecule has 0 fully saturated rings. The summed E-state index contributed by atoms with van der Waals surface area (Å²) in [5.41, 5.74) is 3.33. The van der Waals surface area contributed by atoms with E-state index >= 15 is 0 Å². The molecule has 4 nitrogen and oxygen atoms in total. The van der Waals surface area contributed by atoms with Crippen molar-refractivity contribution in [2.45, 2.75) is 33.2 Å². The first kappa shape index (κ1) is 18.5. The Hall–Kier alpha value is -2.84. The third kappa shape index (κ3) is 5.94. The molecule has 0 aromatic heterocycles. The highest BCUT2D eigenvalue weighted by molar-refractivity contribution is 5.96. The fraction of sp³-hybridized carbons (Fsp3) is 0.286. The van der Waals surface area contributed by atoms with Crippen molar-refractivity contribution >= 4 is 17.9 Å². The second kappa shape index (κ2) is 9.45. The summed E-state index contributed by atoms with van der Waals surface area (Å²) in [6.45, 7) is 4.93. The van der Waals surface area contributed by atoms with Gasteiger partial charge in [0, 0.05) is 17.7 Å². The molecule has 0 atom stereocenters. The number of carbonyl (C=O) groups is 1. The van der Waals surface area contributed by atoms with Crippen LogP contribution in [0.2, 0.25) is 0 Å². The van der Waals surface area contributed by atoms with Gasteiger partial charge in [0.25, 0.3) is 5.91 Å². The Morgan fingerprint density at radius 3 is 2.68 bits per heavy atom. The predicted molar refractivity (Wildman–Crippen MR) is 102 cm³/mol. The molecule has 2 aromatic carbocycles. The van der Waals surface area contributed by atoms with Gasteiger partial charge in [-0.3, -0.25) is 4.79 Å². The summed E-state index contributed by atoms with van der Waals surface area (Å²) in [6.07, 6.45) is 3.66. The lowest BCUT2D eigenvalue weighted by Gasteiger charge is -2.07. The van der Waals surface area contributed by atoms with E-state index in [1.807, 2.05) is 49.4 Å². The molecule has 0 saturated carbocycles. The van der Waals surface area contributed by atoms with E-state index in [-0.39, 0.29) is 12.5 Å². The maximum atomic E-state index is 12.1. The van der Waals surface area contributed by atoms with Crippen molar-refractivity contribution in [1.29, 1.82) is 0 Å². The highest BCUT2D eigenvalue weighted by atomic mass is 16.5. The second-order valence-electron chi connectivity index (χ2n) is 5.98. The van der Waals surface area contributed by atoms with Crippen LogP contribution in [0.3, 0.4) is 0 Å². The molecule has 0 aliphatic rings. The number of carbonyl (C=O) groups excluding carboxylic acids is 1. The van der Waals surface area contributed by atoms with Gasteiger partial charge in [0.2, 0.25) is 0 Å². The number of nitrogens with one attached hydrogen (secondary N) is 1. The lowest BCUT2D eigenvalue weighted by atomic mass is 10.0. The number of aryl methyl sites for hydroxylation is 1. The summed E-state index contributed by atoms with van der Waals surface area (Å²) >= 11 is 0. The van der Waals surface area contributed by atoms with Crippen LogP contribution in [0.1, 0.15) is 46.8 Å². The molecule has 0 radical (unpaired) electrons. The molecule has 0 spiro atoms. The minimum atomic E-state index is -0.0556. The molecule has 4 heteroatoms. The molecule has 25 heavy (non-hydrogen) atoms. The van der Waals surface area contributed by atoms with E-state index < -0.39 is 0 Å². The Labute approximate surface area is 149 Å². The summed E-state index contributed by atoms with van der Waals surface area (Å²) in [5, 5.41) is 14.8. The molecule has 0 aliphatic heterocycles. The standard InChI is InChI=1S/C21H24N2O2/c1-3-4-13-22-21(24)20-11-10-18(15-17(20)2)12-14-23(25)16-19-8-6-5-7-9-19/h5-12,15H,3-4,13,16H2,1-2H3,(H,22,24). The molecule has 0 bridgehead atoms. The first-order valence-electron chi connectivity index (χ1n) is 8.57. The number of hydroxylamine groups is 1. The van der Waals surface area contributed by atoms with Gasteiger partial charge in [-0.05, 0) is 30.5 Å². The molecule has 0 heterocycles. The molecular formula is C21H24N2O2. The van der Waals surface area contributed by atoms with E-state index in [4.69, 9.17) is 0 Å². The van der Waals surface area contributed by atoms with Crippen LogP contribution in [-0.4, -0.2) is 23.1 Å². The molecule has 2 aromatic rings. The van der Waals surface area contributed by atoms with Gasteiger partial charge in [-0.2, -0.15) is 4.74 Å². The van der Waals surface area contributed by atoms with Gasteiger partial charge in [-0.25, -0.2) is 0 Å². The van der Waals surface area contributed by atoms with Crippen LogP contribution in [0.25, 0.3) is 6.08 Å². The minimum absolute atomic E-state index is 0.0556. The molecule has 1 amide bonds. The lowest BCUT2D eigenvalue weighted by molar-refractivity contribution is -0.467.